The van der Waals surface area contributed by atoms with Gasteiger partial charge in [-0.3, -0.25) is 4.98 Å². The van der Waals surface area contributed by atoms with Crippen LogP contribution in [0.25, 0.3) is 0 Å². The Kier molecular flexibility index (Phi) is 3.20. The van der Waals surface area contributed by atoms with Crippen LogP contribution in [0, 0.1) is 6.92 Å². The third kappa shape index (κ3) is 2.99. The molecule has 1 heterocycles. The van der Waals surface area contributed by atoms with E-state index in [1.54, 1.807) is 0 Å². The predicted octanol–water partition coefficient (Wildman–Crippen LogP) is 2.39. The highest BCUT2D eigenvalue weighted by Gasteiger charge is 2.08. The molecular formula is C11H15NO. The van der Waals surface area contributed by atoms with Crippen molar-refractivity contribution in [3.05, 3.63) is 41.7 Å². The van der Waals surface area contributed by atoms with Crippen LogP contribution in [0.4, 0.5) is 0 Å². The minimum Gasteiger partial charge on any atom is -0.386 e. The van der Waals surface area contributed by atoms with E-state index in [-0.39, 0.29) is 0 Å². The predicted molar refractivity (Wildman–Crippen MR) is 53.4 cm³/mol. The number of aliphatic hydroxyl groups excluding tert-OH is 1. The number of aliphatic hydroxyl groups is 1. The summed E-state index contributed by atoms with van der Waals surface area (Å²) in [5.74, 6) is 0. The summed E-state index contributed by atoms with van der Waals surface area (Å²) in [5, 5.41) is 9.69. The zero-order valence-electron chi connectivity index (χ0n) is 8.12. The van der Waals surface area contributed by atoms with Crippen molar-refractivity contribution in [2.45, 2.75) is 26.4 Å². The van der Waals surface area contributed by atoms with E-state index in [1.165, 1.54) is 0 Å². The first-order valence-electron chi connectivity index (χ1n) is 4.35. The molecule has 1 unspecified atom stereocenters. The fraction of sp³-hybridized carbons (Fsp3) is 0.364. The second-order valence-corrected chi connectivity index (χ2v) is 3.38. The van der Waals surface area contributed by atoms with Gasteiger partial charge in [-0.1, -0.05) is 11.6 Å². The molecule has 0 aliphatic heterocycles. The quantitative estimate of drug-likeness (QED) is 0.719. The molecule has 0 aliphatic rings. The fourth-order valence-electron chi connectivity index (χ4n) is 1.18. The van der Waals surface area contributed by atoms with Crippen LogP contribution in [0.3, 0.4) is 0 Å². The molecule has 0 saturated heterocycles. The van der Waals surface area contributed by atoms with Gasteiger partial charge in [0.2, 0.25) is 0 Å². The molecule has 1 aromatic heterocycles. The molecule has 0 bridgehead atoms. The number of aromatic nitrogens is 1. The van der Waals surface area contributed by atoms with E-state index in [9.17, 15) is 5.11 Å². The van der Waals surface area contributed by atoms with Gasteiger partial charge in [0.25, 0.3) is 0 Å². The molecule has 1 aromatic rings. The summed E-state index contributed by atoms with van der Waals surface area (Å²) >= 11 is 0. The van der Waals surface area contributed by atoms with Gasteiger partial charge >= 0.3 is 0 Å². The molecule has 2 heteroatoms. The van der Waals surface area contributed by atoms with Crippen LogP contribution in [0.15, 0.2) is 30.4 Å². The third-order valence-corrected chi connectivity index (χ3v) is 1.79. The summed E-state index contributed by atoms with van der Waals surface area (Å²) in [4.78, 5) is 4.24. The average molecular weight is 177 g/mol. The molecule has 1 rings (SSSR count). The van der Waals surface area contributed by atoms with Crippen LogP contribution in [0.5, 0.6) is 0 Å². The first kappa shape index (κ1) is 9.93. The highest BCUT2D eigenvalue weighted by atomic mass is 16.3. The van der Waals surface area contributed by atoms with Crippen molar-refractivity contribution in [3.63, 3.8) is 0 Å². The second-order valence-electron chi connectivity index (χ2n) is 3.38. The van der Waals surface area contributed by atoms with Crippen molar-refractivity contribution in [1.29, 1.82) is 0 Å². The van der Waals surface area contributed by atoms with Crippen molar-refractivity contribution >= 4 is 0 Å². The van der Waals surface area contributed by atoms with Crippen molar-refractivity contribution in [3.8, 4) is 0 Å². The zero-order chi connectivity index (χ0) is 9.84. The first-order chi connectivity index (χ1) is 6.09. The summed E-state index contributed by atoms with van der Waals surface area (Å²) in [5.41, 5.74) is 2.62. The van der Waals surface area contributed by atoms with Gasteiger partial charge in [0.1, 0.15) is 0 Å². The van der Waals surface area contributed by atoms with Gasteiger partial charge in [0.15, 0.2) is 0 Å². The van der Waals surface area contributed by atoms with E-state index >= 15 is 0 Å². The molecule has 0 aliphatic carbocycles. The van der Waals surface area contributed by atoms with E-state index in [2.05, 4.69) is 11.6 Å². The van der Waals surface area contributed by atoms with Crippen molar-refractivity contribution in [1.82, 2.24) is 4.98 Å². The molecule has 1 N–H and O–H groups in total. The number of hydrogen-bond donors (Lipinski definition) is 1. The smallest absolute Gasteiger partial charge is 0.0996 e. The van der Waals surface area contributed by atoms with Gasteiger partial charge in [-0.2, -0.15) is 0 Å². The van der Waals surface area contributed by atoms with Gasteiger partial charge in [-0.05, 0) is 32.4 Å². The molecule has 0 radical (unpaired) electrons. The number of hydrogen-bond acceptors (Lipinski definition) is 2. The Morgan fingerprint density at radius 3 is 2.85 bits per heavy atom. The van der Waals surface area contributed by atoms with Crippen LogP contribution < -0.4 is 0 Å². The van der Waals surface area contributed by atoms with Crippen molar-refractivity contribution in [2.75, 3.05) is 0 Å². The van der Waals surface area contributed by atoms with Gasteiger partial charge in [-0.25, -0.2) is 0 Å². The Morgan fingerprint density at radius 1 is 1.62 bits per heavy atom. The minimum atomic E-state index is -0.516. The van der Waals surface area contributed by atoms with Gasteiger partial charge in [0, 0.05) is 5.69 Å². The maximum absolute atomic E-state index is 9.69. The lowest BCUT2D eigenvalue weighted by atomic mass is 10.1. The molecule has 2 nitrogen and oxygen atoms in total. The standard InChI is InChI=1S/C11H15NO/c1-8(2)7-11(13)10-6-4-5-9(3)12-10/h4-6,11,13H,1,7H2,2-3H3. The van der Waals surface area contributed by atoms with E-state index < -0.39 is 6.10 Å². The monoisotopic (exact) mass is 177 g/mol. The first-order valence-corrected chi connectivity index (χ1v) is 4.35. The number of aryl methyl sites for hydroxylation is 1. The molecule has 0 saturated carbocycles. The van der Waals surface area contributed by atoms with E-state index in [0.29, 0.717) is 6.42 Å². The largest absolute Gasteiger partial charge is 0.386 e. The molecular weight excluding hydrogens is 162 g/mol. The molecule has 0 amide bonds. The van der Waals surface area contributed by atoms with Crippen LogP contribution in [-0.4, -0.2) is 10.1 Å². The van der Waals surface area contributed by atoms with E-state index in [0.717, 1.165) is 17.0 Å². The second kappa shape index (κ2) is 4.19. The fourth-order valence-corrected chi connectivity index (χ4v) is 1.18. The average Bonchev–Trinajstić information content (AvgIpc) is 2.03. The lowest BCUT2D eigenvalue weighted by Crippen LogP contribution is -2.01. The normalized spacial score (nSPS) is 12.5. The van der Waals surface area contributed by atoms with E-state index in [4.69, 9.17) is 0 Å². The molecule has 0 aromatic carbocycles. The Labute approximate surface area is 78.9 Å². The topological polar surface area (TPSA) is 33.1 Å². The Morgan fingerprint density at radius 2 is 2.31 bits per heavy atom. The van der Waals surface area contributed by atoms with Crippen molar-refractivity contribution < 1.29 is 5.11 Å². The molecule has 1 atom stereocenters. The van der Waals surface area contributed by atoms with Crippen LogP contribution in [0.1, 0.15) is 30.8 Å². The van der Waals surface area contributed by atoms with Gasteiger partial charge in [-0.15, -0.1) is 6.58 Å². The van der Waals surface area contributed by atoms with Crippen LogP contribution in [0.2, 0.25) is 0 Å². The highest BCUT2D eigenvalue weighted by molar-refractivity contribution is 5.13. The molecule has 0 spiro atoms. The minimum absolute atomic E-state index is 0.516. The Balaban J connectivity index is 2.76. The maximum Gasteiger partial charge on any atom is 0.0996 e. The third-order valence-electron chi connectivity index (χ3n) is 1.79. The summed E-state index contributed by atoms with van der Waals surface area (Å²) in [6.45, 7) is 7.57. The lowest BCUT2D eigenvalue weighted by Gasteiger charge is -2.09. The van der Waals surface area contributed by atoms with Gasteiger partial charge in [0.05, 0.1) is 11.8 Å². The molecule has 13 heavy (non-hydrogen) atoms. The molecule has 0 fully saturated rings. The zero-order valence-corrected chi connectivity index (χ0v) is 8.12. The van der Waals surface area contributed by atoms with Crippen molar-refractivity contribution in [2.24, 2.45) is 0 Å². The maximum atomic E-state index is 9.69. The summed E-state index contributed by atoms with van der Waals surface area (Å²) < 4.78 is 0. The number of rotatable bonds is 3. The summed E-state index contributed by atoms with van der Waals surface area (Å²) in [7, 11) is 0. The Bertz CT molecular complexity index is 307. The van der Waals surface area contributed by atoms with Crippen LogP contribution >= 0.6 is 0 Å². The highest BCUT2D eigenvalue weighted by Crippen LogP contribution is 2.17. The SMILES string of the molecule is C=C(C)CC(O)c1cccc(C)n1. The van der Waals surface area contributed by atoms with Gasteiger partial charge < -0.3 is 5.11 Å². The number of pyridine rings is 1. The van der Waals surface area contributed by atoms with E-state index in [1.807, 2.05) is 32.0 Å². The summed E-state index contributed by atoms with van der Waals surface area (Å²) in [6, 6.07) is 5.65. The number of nitrogens with zero attached hydrogens (tertiary/aromatic N) is 1. The summed E-state index contributed by atoms with van der Waals surface area (Å²) in [6.07, 6.45) is 0.0635. The molecule has 70 valence electrons. The van der Waals surface area contributed by atoms with Crippen LogP contribution in [-0.2, 0) is 0 Å². The lowest BCUT2D eigenvalue weighted by molar-refractivity contribution is 0.173. The Hall–Kier alpha value is -1.15.